The standard InChI is InChI=1S/C19H21NO5S/c1-13-4-3-5-14(2)19(13)20-18(21)8-11-26(22,23)15-6-7-16-17(12-15)25-10-9-24-16/h3-7,12H,8-11H2,1-2H3,(H,20,21). The van der Waals surface area contributed by atoms with Crippen LogP contribution in [0.1, 0.15) is 17.5 Å². The van der Waals surface area contributed by atoms with Crippen LogP contribution in [0.4, 0.5) is 5.69 Å². The van der Waals surface area contributed by atoms with E-state index in [0.29, 0.717) is 24.7 Å². The zero-order valence-corrected chi connectivity index (χ0v) is 15.6. The van der Waals surface area contributed by atoms with Gasteiger partial charge >= 0.3 is 0 Å². The molecule has 2 aromatic carbocycles. The van der Waals surface area contributed by atoms with Crippen molar-refractivity contribution in [1.82, 2.24) is 0 Å². The van der Waals surface area contributed by atoms with Gasteiger partial charge in [0.1, 0.15) is 13.2 Å². The van der Waals surface area contributed by atoms with Crippen molar-refractivity contribution in [2.45, 2.75) is 25.2 Å². The number of ether oxygens (including phenoxy) is 2. The number of hydrogen-bond donors (Lipinski definition) is 1. The van der Waals surface area contributed by atoms with E-state index in [2.05, 4.69) is 5.32 Å². The molecule has 7 heteroatoms. The maximum Gasteiger partial charge on any atom is 0.225 e. The molecule has 0 saturated carbocycles. The van der Waals surface area contributed by atoms with Gasteiger partial charge in [-0.05, 0) is 37.1 Å². The zero-order valence-electron chi connectivity index (χ0n) is 14.7. The fourth-order valence-corrected chi connectivity index (χ4v) is 4.03. The number of rotatable bonds is 5. The summed E-state index contributed by atoms with van der Waals surface area (Å²) in [4.78, 5) is 12.3. The fraction of sp³-hybridized carbons (Fsp3) is 0.316. The molecule has 0 bridgehead atoms. The van der Waals surface area contributed by atoms with Crippen molar-refractivity contribution < 1.29 is 22.7 Å². The van der Waals surface area contributed by atoms with Gasteiger partial charge < -0.3 is 14.8 Å². The molecule has 138 valence electrons. The number of carbonyl (C=O) groups is 1. The number of fused-ring (bicyclic) bond motifs is 1. The summed E-state index contributed by atoms with van der Waals surface area (Å²) in [6.45, 7) is 4.62. The second-order valence-corrected chi connectivity index (χ2v) is 8.30. The lowest BCUT2D eigenvalue weighted by atomic mass is 10.1. The second-order valence-electron chi connectivity index (χ2n) is 6.19. The van der Waals surface area contributed by atoms with Crippen LogP contribution in [0.3, 0.4) is 0 Å². The minimum atomic E-state index is -3.60. The van der Waals surface area contributed by atoms with Crippen LogP contribution in [-0.2, 0) is 14.6 Å². The number of nitrogens with one attached hydrogen (secondary N) is 1. The van der Waals surface area contributed by atoms with Gasteiger partial charge in [-0.3, -0.25) is 4.79 Å². The van der Waals surface area contributed by atoms with Gasteiger partial charge in [0.15, 0.2) is 21.3 Å². The van der Waals surface area contributed by atoms with E-state index >= 15 is 0 Å². The number of amides is 1. The predicted octanol–water partition coefficient (Wildman–Crippen LogP) is 2.88. The Labute approximate surface area is 153 Å². The van der Waals surface area contributed by atoms with Gasteiger partial charge in [0.25, 0.3) is 0 Å². The molecule has 1 heterocycles. The van der Waals surface area contributed by atoms with E-state index in [1.807, 2.05) is 32.0 Å². The Bertz CT molecular complexity index is 917. The van der Waals surface area contributed by atoms with Crippen LogP contribution >= 0.6 is 0 Å². The van der Waals surface area contributed by atoms with Crippen LogP contribution in [0, 0.1) is 13.8 Å². The molecule has 0 radical (unpaired) electrons. The predicted molar refractivity (Wildman–Crippen MR) is 98.6 cm³/mol. The molecule has 0 saturated heterocycles. The van der Waals surface area contributed by atoms with Crippen LogP contribution in [0.5, 0.6) is 11.5 Å². The van der Waals surface area contributed by atoms with Gasteiger partial charge in [0.05, 0.1) is 10.6 Å². The number of hydrogen-bond acceptors (Lipinski definition) is 5. The lowest BCUT2D eigenvalue weighted by Crippen LogP contribution is -2.19. The zero-order chi connectivity index (χ0) is 18.7. The van der Waals surface area contributed by atoms with Gasteiger partial charge in [-0.2, -0.15) is 0 Å². The molecule has 0 aromatic heterocycles. The number of benzene rings is 2. The first-order valence-corrected chi connectivity index (χ1v) is 10.0. The summed E-state index contributed by atoms with van der Waals surface area (Å²) in [5.41, 5.74) is 2.61. The molecule has 0 spiro atoms. The largest absolute Gasteiger partial charge is 0.486 e. The van der Waals surface area contributed by atoms with Crippen LogP contribution in [0.2, 0.25) is 0 Å². The van der Waals surface area contributed by atoms with Crippen molar-refractivity contribution in [3.05, 3.63) is 47.5 Å². The molecule has 26 heavy (non-hydrogen) atoms. The maximum absolute atomic E-state index is 12.5. The monoisotopic (exact) mass is 375 g/mol. The fourth-order valence-electron chi connectivity index (χ4n) is 2.78. The summed E-state index contributed by atoms with van der Waals surface area (Å²) in [7, 11) is -3.60. The molecule has 0 unspecified atom stereocenters. The molecule has 0 atom stereocenters. The number of anilines is 1. The number of para-hydroxylation sites is 1. The highest BCUT2D eigenvalue weighted by Crippen LogP contribution is 2.32. The van der Waals surface area contributed by atoms with E-state index < -0.39 is 9.84 Å². The minimum absolute atomic E-state index is 0.120. The third-order valence-electron chi connectivity index (χ3n) is 4.22. The van der Waals surface area contributed by atoms with Crippen molar-refractivity contribution in [3.8, 4) is 11.5 Å². The van der Waals surface area contributed by atoms with Gasteiger partial charge in [-0.15, -0.1) is 0 Å². The quantitative estimate of drug-likeness (QED) is 0.869. The topological polar surface area (TPSA) is 81.7 Å². The molecule has 1 amide bonds. The van der Waals surface area contributed by atoms with Crippen LogP contribution in [-0.4, -0.2) is 33.3 Å². The maximum atomic E-state index is 12.5. The molecular weight excluding hydrogens is 354 g/mol. The summed E-state index contributed by atoms with van der Waals surface area (Å²) < 4.78 is 35.9. The Balaban J connectivity index is 1.67. The Hall–Kier alpha value is -2.54. The van der Waals surface area contributed by atoms with Crippen molar-refractivity contribution in [1.29, 1.82) is 0 Å². The average molecular weight is 375 g/mol. The summed E-state index contributed by atoms with van der Waals surface area (Å²) in [5, 5.41) is 2.80. The minimum Gasteiger partial charge on any atom is -0.486 e. The summed E-state index contributed by atoms with van der Waals surface area (Å²) in [6, 6.07) is 10.2. The lowest BCUT2D eigenvalue weighted by molar-refractivity contribution is -0.115. The molecule has 2 aromatic rings. The first-order chi connectivity index (χ1) is 12.4. The molecular formula is C19H21NO5S. The Morgan fingerprint density at radius 2 is 1.69 bits per heavy atom. The van der Waals surface area contributed by atoms with Crippen molar-refractivity contribution in [3.63, 3.8) is 0 Å². The molecule has 0 aliphatic carbocycles. The average Bonchev–Trinajstić information content (AvgIpc) is 2.63. The Morgan fingerprint density at radius 3 is 2.38 bits per heavy atom. The highest BCUT2D eigenvalue weighted by molar-refractivity contribution is 7.91. The molecule has 1 aliphatic heterocycles. The van der Waals surface area contributed by atoms with Crippen molar-refractivity contribution in [2.24, 2.45) is 0 Å². The van der Waals surface area contributed by atoms with E-state index in [1.165, 1.54) is 12.1 Å². The van der Waals surface area contributed by atoms with Crippen LogP contribution < -0.4 is 14.8 Å². The molecule has 1 aliphatic rings. The summed E-state index contributed by atoms with van der Waals surface area (Å²) in [5.74, 6) is 0.340. The highest BCUT2D eigenvalue weighted by Gasteiger charge is 2.21. The van der Waals surface area contributed by atoms with Crippen molar-refractivity contribution in [2.75, 3.05) is 24.3 Å². The third-order valence-corrected chi connectivity index (χ3v) is 5.93. The third kappa shape index (κ3) is 3.99. The summed E-state index contributed by atoms with van der Waals surface area (Å²) in [6.07, 6.45) is -0.120. The Morgan fingerprint density at radius 1 is 1.04 bits per heavy atom. The first kappa shape index (κ1) is 18.3. The smallest absolute Gasteiger partial charge is 0.225 e. The van der Waals surface area contributed by atoms with Gasteiger partial charge in [-0.25, -0.2) is 8.42 Å². The molecule has 1 N–H and O–H groups in total. The van der Waals surface area contributed by atoms with Gasteiger partial charge in [-0.1, -0.05) is 18.2 Å². The van der Waals surface area contributed by atoms with E-state index in [4.69, 9.17) is 9.47 Å². The number of aryl methyl sites for hydroxylation is 2. The van der Waals surface area contributed by atoms with Gasteiger partial charge in [0, 0.05) is 18.2 Å². The van der Waals surface area contributed by atoms with E-state index in [1.54, 1.807) is 6.07 Å². The molecule has 6 nitrogen and oxygen atoms in total. The van der Waals surface area contributed by atoms with Crippen LogP contribution in [0.25, 0.3) is 0 Å². The molecule has 0 fully saturated rings. The Kier molecular flexibility index (Phi) is 5.18. The first-order valence-electron chi connectivity index (χ1n) is 8.35. The van der Waals surface area contributed by atoms with Crippen molar-refractivity contribution >= 4 is 21.4 Å². The highest BCUT2D eigenvalue weighted by atomic mass is 32.2. The summed E-state index contributed by atoms with van der Waals surface area (Å²) >= 11 is 0. The van der Waals surface area contributed by atoms with E-state index in [-0.39, 0.29) is 23.0 Å². The normalized spacial score (nSPS) is 13.3. The molecule has 3 rings (SSSR count). The van der Waals surface area contributed by atoms with Crippen LogP contribution in [0.15, 0.2) is 41.3 Å². The lowest BCUT2D eigenvalue weighted by Gasteiger charge is -2.18. The van der Waals surface area contributed by atoms with Gasteiger partial charge in [0.2, 0.25) is 5.91 Å². The SMILES string of the molecule is Cc1cccc(C)c1NC(=O)CCS(=O)(=O)c1ccc2c(c1)OCCO2. The van der Waals surface area contributed by atoms with E-state index in [0.717, 1.165) is 16.8 Å². The van der Waals surface area contributed by atoms with E-state index in [9.17, 15) is 13.2 Å². The second kappa shape index (κ2) is 7.37. The number of sulfone groups is 1. The number of carbonyl (C=O) groups excluding carboxylic acids is 1.